The third-order valence-corrected chi connectivity index (χ3v) is 11.6. The van der Waals surface area contributed by atoms with Crippen LogP contribution in [0.15, 0.2) is 0 Å². The molecule has 0 saturated carbocycles. The molecule has 0 fully saturated rings. The van der Waals surface area contributed by atoms with Gasteiger partial charge in [-0.15, -0.1) is 0 Å². The molecule has 52 heavy (non-hydrogen) atoms. The van der Waals surface area contributed by atoms with Crippen molar-refractivity contribution in [1.29, 1.82) is 0 Å². The fraction of sp³-hybridized carbons (Fsp3) is 0.979. The van der Waals surface area contributed by atoms with Crippen LogP contribution in [0.5, 0.6) is 0 Å². The van der Waals surface area contributed by atoms with Crippen molar-refractivity contribution in [3.05, 3.63) is 0 Å². The molecule has 0 aromatic rings. The molecule has 0 unspecified atom stereocenters. The minimum Gasteiger partial charge on any atom is -0.394 e. The Morgan fingerprint density at radius 3 is 0.865 bits per heavy atom. The maximum Gasteiger partial charge on any atom is 0.220 e. The van der Waals surface area contributed by atoms with E-state index >= 15 is 0 Å². The maximum atomic E-state index is 12.4. The first-order valence-electron chi connectivity index (χ1n) is 24.2. The highest BCUT2D eigenvalue weighted by Crippen LogP contribution is 2.17. The number of unbranched alkanes of at least 4 members (excludes halogenated alkanes) is 38. The van der Waals surface area contributed by atoms with Gasteiger partial charge in [-0.25, -0.2) is 0 Å². The van der Waals surface area contributed by atoms with E-state index in [1.54, 1.807) is 0 Å². The number of amides is 1. The summed E-state index contributed by atoms with van der Waals surface area (Å²) in [6.07, 6.45) is 54.8. The Labute approximate surface area is 327 Å². The fourth-order valence-electron chi connectivity index (χ4n) is 7.89. The highest BCUT2D eigenvalue weighted by atomic mass is 16.3. The number of aliphatic hydroxyl groups excluding tert-OH is 2. The Morgan fingerprint density at radius 2 is 0.615 bits per heavy atom. The van der Waals surface area contributed by atoms with Gasteiger partial charge in [-0.1, -0.05) is 264 Å². The Bertz CT molecular complexity index is 670. The lowest BCUT2D eigenvalue weighted by Gasteiger charge is -2.22. The second-order valence-corrected chi connectivity index (χ2v) is 16.9. The second-order valence-electron chi connectivity index (χ2n) is 16.9. The van der Waals surface area contributed by atoms with Crippen molar-refractivity contribution in [3.63, 3.8) is 0 Å². The lowest BCUT2D eigenvalue weighted by molar-refractivity contribution is -0.123. The van der Waals surface area contributed by atoms with Crippen LogP contribution in [0.2, 0.25) is 0 Å². The zero-order chi connectivity index (χ0) is 37.8. The highest BCUT2D eigenvalue weighted by Gasteiger charge is 2.20. The van der Waals surface area contributed by atoms with Crippen LogP contribution < -0.4 is 5.32 Å². The van der Waals surface area contributed by atoms with E-state index in [4.69, 9.17) is 0 Å². The molecular weight excluding hydrogens is 639 g/mol. The molecular formula is C48H97NO3. The Kier molecular flexibility index (Phi) is 44.3. The predicted molar refractivity (Wildman–Crippen MR) is 230 cm³/mol. The summed E-state index contributed by atoms with van der Waals surface area (Å²) < 4.78 is 0. The van der Waals surface area contributed by atoms with Gasteiger partial charge in [0.25, 0.3) is 0 Å². The van der Waals surface area contributed by atoms with Crippen molar-refractivity contribution in [1.82, 2.24) is 5.32 Å². The number of hydrogen-bond donors (Lipinski definition) is 3. The summed E-state index contributed by atoms with van der Waals surface area (Å²) in [4.78, 5) is 12.4. The van der Waals surface area contributed by atoms with Crippen molar-refractivity contribution in [2.24, 2.45) is 0 Å². The van der Waals surface area contributed by atoms with Crippen LogP contribution in [-0.2, 0) is 4.79 Å². The molecule has 0 rings (SSSR count). The van der Waals surface area contributed by atoms with Gasteiger partial charge in [-0.3, -0.25) is 4.79 Å². The molecule has 2 atom stereocenters. The van der Waals surface area contributed by atoms with Gasteiger partial charge in [0.05, 0.1) is 18.8 Å². The first kappa shape index (κ1) is 51.4. The third-order valence-electron chi connectivity index (χ3n) is 11.6. The van der Waals surface area contributed by atoms with Gasteiger partial charge in [-0.2, -0.15) is 0 Å². The maximum absolute atomic E-state index is 12.4. The van der Waals surface area contributed by atoms with Crippen molar-refractivity contribution in [3.8, 4) is 0 Å². The van der Waals surface area contributed by atoms with Gasteiger partial charge in [0.2, 0.25) is 5.91 Å². The lowest BCUT2D eigenvalue weighted by Crippen LogP contribution is -2.45. The minimum atomic E-state index is -0.653. The number of nitrogens with one attached hydrogen (secondary N) is 1. The number of hydrogen-bond acceptors (Lipinski definition) is 3. The summed E-state index contributed by atoms with van der Waals surface area (Å²) in [5, 5.41) is 23.2. The lowest BCUT2D eigenvalue weighted by atomic mass is 10.0. The number of carbonyl (C=O) groups excluding carboxylic acids is 1. The molecule has 0 saturated heterocycles. The van der Waals surface area contributed by atoms with Gasteiger partial charge in [0, 0.05) is 6.42 Å². The molecule has 4 heteroatoms. The summed E-state index contributed by atoms with van der Waals surface area (Å²) in [6, 6.07) is -0.530. The molecule has 0 heterocycles. The van der Waals surface area contributed by atoms with E-state index in [2.05, 4.69) is 19.2 Å². The van der Waals surface area contributed by atoms with E-state index in [-0.39, 0.29) is 12.5 Å². The molecule has 0 bridgehead atoms. The van der Waals surface area contributed by atoms with E-state index in [1.165, 1.54) is 231 Å². The molecule has 1 amide bonds. The van der Waals surface area contributed by atoms with Crippen molar-refractivity contribution in [2.75, 3.05) is 6.61 Å². The van der Waals surface area contributed by atoms with E-state index in [9.17, 15) is 15.0 Å². The summed E-state index contributed by atoms with van der Waals surface area (Å²) >= 11 is 0. The Balaban J connectivity index is 3.43. The van der Waals surface area contributed by atoms with Crippen LogP contribution in [0, 0.1) is 0 Å². The van der Waals surface area contributed by atoms with Crippen LogP contribution >= 0.6 is 0 Å². The van der Waals surface area contributed by atoms with E-state index in [0.717, 1.165) is 25.7 Å². The summed E-state index contributed by atoms with van der Waals surface area (Å²) in [5.74, 6) is -0.0241. The Hall–Kier alpha value is -0.610. The van der Waals surface area contributed by atoms with E-state index < -0.39 is 12.1 Å². The van der Waals surface area contributed by atoms with Crippen LogP contribution in [0.1, 0.15) is 284 Å². The first-order chi connectivity index (χ1) is 25.7. The molecule has 0 aromatic heterocycles. The summed E-state index contributed by atoms with van der Waals surface area (Å²) in [7, 11) is 0. The van der Waals surface area contributed by atoms with Crippen LogP contribution in [-0.4, -0.2) is 34.9 Å². The number of aliphatic hydroxyl groups is 2. The van der Waals surface area contributed by atoms with Crippen molar-refractivity contribution < 1.29 is 15.0 Å². The van der Waals surface area contributed by atoms with Crippen LogP contribution in [0.4, 0.5) is 0 Å². The normalized spacial score (nSPS) is 12.8. The second kappa shape index (κ2) is 44.8. The third kappa shape index (κ3) is 40.6. The molecule has 0 aliphatic heterocycles. The minimum absolute atomic E-state index is 0.0241. The molecule has 0 aliphatic rings. The van der Waals surface area contributed by atoms with Crippen molar-refractivity contribution in [2.45, 2.75) is 296 Å². The van der Waals surface area contributed by atoms with E-state index in [0.29, 0.717) is 12.8 Å². The number of carbonyl (C=O) groups is 1. The molecule has 0 spiro atoms. The van der Waals surface area contributed by atoms with Crippen LogP contribution in [0.3, 0.4) is 0 Å². The molecule has 0 aliphatic carbocycles. The van der Waals surface area contributed by atoms with Gasteiger partial charge in [-0.05, 0) is 12.8 Å². The highest BCUT2D eigenvalue weighted by molar-refractivity contribution is 5.76. The largest absolute Gasteiger partial charge is 0.394 e. The summed E-state index contributed by atoms with van der Waals surface area (Å²) in [6.45, 7) is 4.39. The Morgan fingerprint density at radius 1 is 0.385 bits per heavy atom. The quantitative estimate of drug-likeness (QED) is 0.0545. The van der Waals surface area contributed by atoms with E-state index in [1.807, 2.05) is 0 Å². The topological polar surface area (TPSA) is 69.6 Å². The zero-order valence-corrected chi connectivity index (χ0v) is 35.9. The average molecular weight is 736 g/mol. The summed E-state index contributed by atoms with van der Waals surface area (Å²) in [5.41, 5.74) is 0. The molecule has 3 N–H and O–H groups in total. The van der Waals surface area contributed by atoms with Crippen molar-refractivity contribution >= 4 is 5.91 Å². The van der Waals surface area contributed by atoms with Crippen LogP contribution in [0.25, 0.3) is 0 Å². The average Bonchev–Trinajstić information content (AvgIpc) is 3.15. The van der Waals surface area contributed by atoms with Gasteiger partial charge in [0.15, 0.2) is 0 Å². The monoisotopic (exact) mass is 736 g/mol. The standard InChI is InChI=1S/C48H97NO3/c1-3-5-7-9-11-13-15-17-19-21-22-23-24-25-26-28-30-32-34-36-38-40-42-44-48(52)49-46(45-50)47(51)43-41-39-37-35-33-31-29-27-20-18-16-14-12-10-8-6-4-2/h46-47,50-51H,3-45H2,1-2H3,(H,49,52)/t46-,47+/m0/s1. The predicted octanol–water partition coefficient (Wildman–Crippen LogP) is 15.2. The smallest absolute Gasteiger partial charge is 0.220 e. The van der Waals surface area contributed by atoms with Gasteiger partial charge in [0.1, 0.15) is 0 Å². The first-order valence-corrected chi connectivity index (χ1v) is 24.2. The van der Waals surface area contributed by atoms with Gasteiger partial charge < -0.3 is 15.5 Å². The fourth-order valence-corrected chi connectivity index (χ4v) is 7.89. The molecule has 4 nitrogen and oxygen atoms in total. The molecule has 0 radical (unpaired) electrons. The molecule has 312 valence electrons. The molecule has 0 aromatic carbocycles. The van der Waals surface area contributed by atoms with Gasteiger partial charge >= 0.3 is 0 Å². The zero-order valence-electron chi connectivity index (χ0n) is 35.9. The number of rotatable bonds is 45. The SMILES string of the molecule is CCCCCCCCCCCCCCCCCCCCCCCCCC(=O)N[C@@H](CO)[C@H](O)CCCCCCCCCCCCCCCCCCC.